The van der Waals surface area contributed by atoms with Gasteiger partial charge in [0.15, 0.2) is 0 Å². The highest BCUT2D eigenvalue weighted by atomic mass is 35.5. The fourth-order valence-electron chi connectivity index (χ4n) is 0.844. The van der Waals surface area contributed by atoms with Crippen LogP contribution in [0.25, 0.3) is 0 Å². The van der Waals surface area contributed by atoms with E-state index in [1.807, 2.05) is 12.3 Å². The van der Waals surface area contributed by atoms with Gasteiger partial charge in [-0.3, -0.25) is 10.1 Å². The first kappa shape index (κ1) is 11.9. The average Bonchev–Trinajstić information content (AvgIpc) is 2.61. The molecule has 0 spiro atoms. The number of hydrogen-bond acceptors (Lipinski definition) is 4. The summed E-state index contributed by atoms with van der Waals surface area (Å²) in [5, 5.41) is 7.24. The minimum atomic E-state index is -0.562. The van der Waals surface area contributed by atoms with Gasteiger partial charge in [-0.25, -0.2) is 9.78 Å². The van der Waals surface area contributed by atoms with Crippen molar-refractivity contribution in [3.8, 4) is 0 Å². The smallest absolute Gasteiger partial charge is 0.321 e. The summed E-state index contributed by atoms with van der Waals surface area (Å²) in [6.07, 6.45) is 0. The Kier molecular flexibility index (Phi) is 4.51. The molecule has 0 bridgehead atoms. The molecule has 0 saturated heterocycles. The monoisotopic (exact) mass is 247 g/mol. The summed E-state index contributed by atoms with van der Waals surface area (Å²) in [4.78, 5) is 25.9. The number of nitrogens with one attached hydrogen (secondary N) is 2. The van der Waals surface area contributed by atoms with E-state index in [0.29, 0.717) is 6.54 Å². The van der Waals surface area contributed by atoms with Crippen molar-refractivity contribution >= 4 is 34.9 Å². The van der Waals surface area contributed by atoms with Crippen LogP contribution in [0.5, 0.6) is 0 Å². The van der Waals surface area contributed by atoms with Crippen molar-refractivity contribution in [3.63, 3.8) is 0 Å². The SMILES string of the molecule is Cc1csc(CNC(=O)NC(=O)CCl)n1. The van der Waals surface area contributed by atoms with Crippen molar-refractivity contribution in [2.45, 2.75) is 13.5 Å². The molecule has 3 amide bonds. The van der Waals surface area contributed by atoms with Crippen molar-refractivity contribution in [1.82, 2.24) is 15.6 Å². The number of carbonyl (C=O) groups excluding carboxylic acids is 2. The molecule has 1 aromatic rings. The number of aromatic nitrogens is 1. The third kappa shape index (κ3) is 4.26. The van der Waals surface area contributed by atoms with Crippen molar-refractivity contribution in [2.24, 2.45) is 0 Å². The van der Waals surface area contributed by atoms with Gasteiger partial charge in [-0.1, -0.05) is 0 Å². The Morgan fingerprint density at radius 1 is 1.60 bits per heavy atom. The number of thiazole rings is 1. The van der Waals surface area contributed by atoms with Crippen LogP contribution in [-0.2, 0) is 11.3 Å². The lowest BCUT2D eigenvalue weighted by molar-refractivity contribution is -0.117. The Labute approximate surface area is 95.8 Å². The number of halogens is 1. The molecule has 0 aliphatic carbocycles. The molecule has 0 radical (unpaired) electrons. The molecule has 1 rings (SSSR count). The molecule has 15 heavy (non-hydrogen) atoms. The Hall–Kier alpha value is -1.14. The maximum atomic E-state index is 11.1. The van der Waals surface area contributed by atoms with Crippen LogP contribution >= 0.6 is 22.9 Å². The van der Waals surface area contributed by atoms with E-state index < -0.39 is 11.9 Å². The lowest BCUT2D eigenvalue weighted by atomic mass is 10.6. The van der Waals surface area contributed by atoms with Crippen LogP contribution in [-0.4, -0.2) is 22.8 Å². The first-order valence-corrected chi connectivity index (χ1v) is 5.58. The van der Waals surface area contributed by atoms with Crippen molar-refractivity contribution in [1.29, 1.82) is 0 Å². The first-order chi connectivity index (χ1) is 7.11. The van der Waals surface area contributed by atoms with E-state index in [4.69, 9.17) is 11.6 Å². The summed E-state index contributed by atoms with van der Waals surface area (Å²) in [7, 11) is 0. The first-order valence-electron chi connectivity index (χ1n) is 4.16. The maximum absolute atomic E-state index is 11.1. The molecule has 0 aromatic carbocycles. The van der Waals surface area contributed by atoms with Gasteiger partial charge in [-0.15, -0.1) is 22.9 Å². The lowest BCUT2D eigenvalue weighted by Gasteiger charge is -2.02. The molecule has 2 N–H and O–H groups in total. The normalized spacial score (nSPS) is 9.73. The van der Waals surface area contributed by atoms with E-state index in [2.05, 4.69) is 15.6 Å². The predicted octanol–water partition coefficient (Wildman–Crippen LogP) is 1.02. The molecular formula is C8H10ClN3O2S. The molecule has 5 nitrogen and oxygen atoms in total. The van der Waals surface area contributed by atoms with E-state index >= 15 is 0 Å². The van der Waals surface area contributed by atoms with Crippen LogP contribution in [0.2, 0.25) is 0 Å². The molecule has 0 aliphatic heterocycles. The van der Waals surface area contributed by atoms with Gasteiger partial charge in [0.25, 0.3) is 0 Å². The zero-order valence-corrected chi connectivity index (χ0v) is 9.61. The minimum absolute atomic E-state index is 0.232. The molecule has 1 heterocycles. The predicted molar refractivity (Wildman–Crippen MR) is 57.9 cm³/mol. The number of amides is 3. The van der Waals surface area contributed by atoms with Gasteiger partial charge in [-0.05, 0) is 6.92 Å². The number of imide groups is 1. The molecule has 82 valence electrons. The second-order valence-electron chi connectivity index (χ2n) is 2.75. The van der Waals surface area contributed by atoms with Gasteiger partial charge in [0, 0.05) is 11.1 Å². The van der Waals surface area contributed by atoms with Crippen molar-refractivity contribution in [2.75, 3.05) is 5.88 Å². The fraction of sp³-hybridized carbons (Fsp3) is 0.375. The number of hydrogen-bond donors (Lipinski definition) is 2. The molecule has 0 unspecified atom stereocenters. The van der Waals surface area contributed by atoms with Crippen LogP contribution in [0.1, 0.15) is 10.7 Å². The Bertz CT molecular complexity index is 367. The van der Waals surface area contributed by atoms with Crippen LogP contribution < -0.4 is 10.6 Å². The topological polar surface area (TPSA) is 71.1 Å². The van der Waals surface area contributed by atoms with Gasteiger partial charge in [0.2, 0.25) is 5.91 Å². The molecule has 0 fully saturated rings. The van der Waals surface area contributed by atoms with E-state index in [9.17, 15) is 9.59 Å². The number of alkyl halides is 1. The quantitative estimate of drug-likeness (QED) is 0.784. The van der Waals surface area contributed by atoms with Crippen LogP contribution in [0, 0.1) is 6.92 Å². The van der Waals surface area contributed by atoms with Crippen molar-refractivity contribution < 1.29 is 9.59 Å². The maximum Gasteiger partial charge on any atom is 0.321 e. The zero-order valence-electron chi connectivity index (χ0n) is 8.04. The highest BCUT2D eigenvalue weighted by Crippen LogP contribution is 2.07. The highest BCUT2D eigenvalue weighted by molar-refractivity contribution is 7.09. The summed E-state index contributed by atoms with van der Waals surface area (Å²) < 4.78 is 0. The Morgan fingerprint density at radius 3 is 2.87 bits per heavy atom. The summed E-state index contributed by atoms with van der Waals surface area (Å²) in [5.41, 5.74) is 0.911. The van der Waals surface area contributed by atoms with E-state index in [-0.39, 0.29) is 5.88 Å². The summed E-state index contributed by atoms with van der Waals surface area (Å²) in [5.74, 6) is -0.756. The van der Waals surface area contributed by atoms with E-state index in [1.54, 1.807) is 0 Å². The van der Waals surface area contributed by atoms with Gasteiger partial charge in [-0.2, -0.15) is 0 Å². The Balaban J connectivity index is 2.31. The molecular weight excluding hydrogens is 238 g/mol. The number of aryl methyl sites for hydroxylation is 1. The summed E-state index contributed by atoms with van der Waals surface area (Å²) in [6.45, 7) is 2.18. The molecule has 1 aromatic heterocycles. The second kappa shape index (κ2) is 5.67. The number of rotatable bonds is 3. The molecule has 7 heteroatoms. The summed E-state index contributed by atoms with van der Waals surface area (Å²) in [6, 6.07) is -0.562. The third-order valence-electron chi connectivity index (χ3n) is 1.44. The number of urea groups is 1. The highest BCUT2D eigenvalue weighted by Gasteiger charge is 2.06. The number of nitrogens with zero attached hydrogens (tertiary/aromatic N) is 1. The minimum Gasteiger partial charge on any atom is -0.331 e. The van der Waals surface area contributed by atoms with Gasteiger partial charge in [0.1, 0.15) is 10.9 Å². The zero-order chi connectivity index (χ0) is 11.3. The van der Waals surface area contributed by atoms with Crippen LogP contribution in [0.4, 0.5) is 4.79 Å². The van der Waals surface area contributed by atoms with Gasteiger partial charge in [0.05, 0.1) is 6.54 Å². The van der Waals surface area contributed by atoms with E-state index in [0.717, 1.165) is 10.7 Å². The van der Waals surface area contributed by atoms with E-state index in [1.165, 1.54) is 11.3 Å². The summed E-state index contributed by atoms with van der Waals surface area (Å²) >= 11 is 6.67. The lowest BCUT2D eigenvalue weighted by Crippen LogP contribution is -2.39. The van der Waals surface area contributed by atoms with Gasteiger partial charge >= 0.3 is 6.03 Å². The average molecular weight is 248 g/mol. The standard InChI is InChI=1S/C8H10ClN3O2S/c1-5-4-15-7(11-5)3-10-8(14)12-6(13)2-9/h4H,2-3H2,1H3,(H2,10,12,13,14). The van der Waals surface area contributed by atoms with Crippen LogP contribution in [0.3, 0.4) is 0 Å². The molecule has 0 aliphatic rings. The van der Waals surface area contributed by atoms with Crippen LogP contribution in [0.15, 0.2) is 5.38 Å². The van der Waals surface area contributed by atoms with Crippen molar-refractivity contribution in [3.05, 3.63) is 16.1 Å². The number of carbonyl (C=O) groups is 2. The molecule has 0 atom stereocenters. The molecule has 0 saturated carbocycles. The fourth-order valence-corrected chi connectivity index (χ4v) is 1.62. The third-order valence-corrected chi connectivity index (χ3v) is 2.65. The Morgan fingerprint density at radius 2 is 2.33 bits per heavy atom. The largest absolute Gasteiger partial charge is 0.331 e. The van der Waals surface area contributed by atoms with Gasteiger partial charge < -0.3 is 5.32 Å². The second-order valence-corrected chi connectivity index (χ2v) is 3.96.